The number of hydrogen-bond acceptors (Lipinski definition) is 3. The van der Waals surface area contributed by atoms with Crippen molar-refractivity contribution in [1.29, 1.82) is 0 Å². The summed E-state index contributed by atoms with van der Waals surface area (Å²) in [6.45, 7) is 0.859. The lowest BCUT2D eigenvalue weighted by atomic mass is 10.1. The van der Waals surface area contributed by atoms with Gasteiger partial charge in [-0.2, -0.15) is 0 Å². The highest BCUT2D eigenvalue weighted by atomic mass is 16.3. The van der Waals surface area contributed by atoms with Gasteiger partial charge in [-0.25, -0.2) is 0 Å². The van der Waals surface area contributed by atoms with Crippen LogP contribution in [0.2, 0.25) is 0 Å². The maximum absolute atomic E-state index is 9.43. The van der Waals surface area contributed by atoms with Gasteiger partial charge in [0.2, 0.25) is 0 Å². The average molecular weight is 217 g/mol. The van der Waals surface area contributed by atoms with Gasteiger partial charge in [-0.05, 0) is 48.6 Å². The Bertz CT molecular complexity index is 521. The predicted molar refractivity (Wildman–Crippen MR) is 64.7 cm³/mol. The lowest BCUT2D eigenvalue weighted by molar-refractivity contribution is 0.402. The second kappa shape index (κ2) is 4.02. The molecule has 0 unspecified atom stereocenters. The summed E-state index contributed by atoms with van der Waals surface area (Å²) in [5, 5.41) is 20.7. The van der Waals surface area contributed by atoms with E-state index in [0.29, 0.717) is 0 Å². The van der Waals surface area contributed by atoms with Crippen LogP contribution in [0.1, 0.15) is 5.56 Å². The fraction of sp³-hybridized carbons (Fsp3) is 0.231. The van der Waals surface area contributed by atoms with Crippen molar-refractivity contribution in [1.82, 2.24) is 4.90 Å². The fourth-order valence-corrected chi connectivity index (χ4v) is 1.79. The first-order chi connectivity index (χ1) is 7.56. The first-order valence-corrected chi connectivity index (χ1v) is 5.15. The molecule has 3 nitrogen and oxygen atoms in total. The Kier molecular flexibility index (Phi) is 2.71. The summed E-state index contributed by atoms with van der Waals surface area (Å²) in [7, 11) is 4.02. The van der Waals surface area contributed by atoms with Crippen LogP contribution in [0.5, 0.6) is 11.5 Å². The first kappa shape index (κ1) is 10.8. The average Bonchev–Trinajstić information content (AvgIpc) is 2.19. The number of fused-ring (bicyclic) bond motifs is 1. The van der Waals surface area contributed by atoms with E-state index in [-0.39, 0.29) is 11.5 Å². The van der Waals surface area contributed by atoms with E-state index in [4.69, 9.17) is 0 Å². The van der Waals surface area contributed by atoms with Gasteiger partial charge in [-0.3, -0.25) is 0 Å². The van der Waals surface area contributed by atoms with Crippen LogP contribution >= 0.6 is 0 Å². The van der Waals surface area contributed by atoms with Gasteiger partial charge in [0.05, 0.1) is 0 Å². The third kappa shape index (κ3) is 2.09. The monoisotopic (exact) mass is 217 g/mol. The highest BCUT2D eigenvalue weighted by Gasteiger charge is 2.03. The number of aromatic hydroxyl groups is 2. The van der Waals surface area contributed by atoms with E-state index in [9.17, 15) is 10.2 Å². The number of benzene rings is 2. The predicted octanol–water partition coefficient (Wildman–Crippen LogP) is 2.31. The van der Waals surface area contributed by atoms with Gasteiger partial charge >= 0.3 is 0 Å². The highest BCUT2D eigenvalue weighted by Crippen LogP contribution is 2.30. The molecule has 0 saturated carbocycles. The molecule has 0 aliphatic rings. The third-order valence-corrected chi connectivity index (χ3v) is 2.50. The van der Waals surface area contributed by atoms with E-state index in [1.54, 1.807) is 12.1 Å². The second-order valence-electron chi connectivity index (χ2n) is 4.26. The fourth-order valence-electron chi connectivity index (χ4n) is 1.79. The summed E-state index contributed by atoms with van der Waals surface area (Å²) in [6.07, 6.45) is 0. The van der Waals surface area contributed by atoms with E-state index in [0.717, 1.165) is 17.3 Å². The van der Waals surface area contributed by atoms with Crippen LogP contribution in [0, 0.1) is 0 Å². The number of hydrogen-bond donors (Lipinski definition) is 2. The molecule has 0 spiro atoms. The van der Waals surface area contributed by atoms with Crippen molar-refractivity contribution in [2.24, 2.45) is 0 Å². The van der Waals surface area contributed by atoms with Crippen LogP contribution in [0.15, 0.2) is 30.3 Å². The zero-order valence-corrected chi connectivity index (χ0v) is 9.44. The SMILES string of the molecule is CN(C)Cc1ccc2cc(O)c(O)cc2c1. The molecular formula is C13H15NO2. The molecule has 0 aliphatic heterocycles. The van der Waals surface area contributed by atoms with Crippen molar-refractivity contribution in [2.75, 3.05) is 14.1 Å². The standard InChI is InChI=1S/C13H15NO2/c1-14(2)8-9-3-4-10-6-12(15)13(16)7-11(10)5-9/h3-7,15-16H,8H2,1-2H3. The molecule has 0 amide bonds. The maximum atomic E-state index is 9.43. The summed E-state index contributed by atoms with van der Waals surface area (Å²) >= 11 is 0. The lowest BCUT2D eigenvalue weighted by Gasteiger charge is -2.10. The van der Waals surface area contributed by atoms with Crippen LogP contribution in [0.25, 0.3) is 10.8 Å². The normalized spacial score (nSPS) is 11.2. The van der Waals surface area contributed by atoms with E-state index >= 15 is 0 Å². The summed E-state index contributed by atoms with van der Waals surface area (Å²) in [4.78, 5) is 2.08. The second-order valence-corrected chi connectivity index (χ2v) is 4.26. The number of phenolic OH excluding ortho intramolecular Hbond substituents is 2. The molecule has 0 aromatic heterocycles. The van der Waals surface area contributed by atoms with Crippen LogP contribution < -0.4 is 0 Å². The van der Waals surface area contributed by atoms with Gasteiger partial charge in [0.1, 0.15) is 0 Å². The molecule has 0 heterocycles. The van der Waals surface area contributed by atoms with Crippen LogP contribution in [0.3, 0.4) is 0 Å². The first-order valence-electron chi connectivity index (χ1n) is 5.15. The Morgan fingerprint density at radius 3 is 2.19 bits per heavy atom. The molecule has 2 aromatic carbocycles. The number of nitrogens with zero attached hydrogens (tertiary/aromatic N) is 1. The lowest BCUT2D eigenvalue weighted by Crippen LogP contribution is -2.10. The van der Waals surface area contributed by atoms with Gasteiger partial charge < -0.3 is 15.1 Å². The molecule has 84 valence electrons. The van der Waals surface area contributed by atoms with Crippen molar-refractivity contribution >= 4 is 10.8 Å². The zero-order chi connectivity index (χ0) is 11.7. The highest BCUT2D eigenvalue weighted by molar-refractivity contribution is 5.86. The molecule has 2 N–H and O–H groups in total. The molecule has 0 atom stereocenters. The molecule has 0 bridgehead atoms. The summed E-state index contributed by atoms with van der Waals surface area (Å²) in [6, 6.07) is 9.16. The Morgan fingerprint density at radius 2 is 1.56 bits per heavy atom. The molecule has 0 radical (unpaired) electrons. The summed E-state index contributed by atoms with van der Waals surface area (Å²) < 4.78 is 0. The van der Waals surface area contributed by atoms with E-state index in [1.165, 1.54) is 5.56 Å². The Balaban J connectivity index is 2.49. The Morgan fingerprint density at radius 1 is 0.938 bits per heavy atom. The van der Waals surface area contributed by atoms with Gasteiger partial charge in [0, 0.05) is 6.54 Å². The molecular weight excluding hydrogens is 202 g/mol. The van der Waals surface area contributed by atoms with Crippen LogP contribution in [-0.2, 0) is 6.54 Å². The summed E-state index contributed by atoms with van der Waals surface area (Å²) in [5.74, 6) is -0.151. The van der Waals surface area contributed by atoms with Crippen LogP contribution in [-0.4, -0.2) is 29.2 Å². The molecule has 2 rings (SSSR count). The Hall–Kier alpha value is -1.74. The molecule has 0 fully saturated rings. The molecule has 3 heteroatoms. The largest absolute Gasteiger partial charge is 0.504 e. The van der Waals surface area contributed by atoms with Crippen molar-refractivity contribution in [3.63, 3.8) is 0 Å². The van der Waals surface area contributed by atoms with E-state index < -0.39 is 0 Å². The minimum atomic E-state index is -0.0761. The van der Waals surface area contributed by atoms with Gasteiger partial charge in [0.25, 0.3) is 0 Å². The van der Waals surface area contributed by atoms with Crippen LogP contribution in [0.4, 0.5) is 0 Å². The van der Waals surface area contributed by atoms with Crippen molar-refractivity contribution < 1.29 is 10.2 Å². The van der Waals surface area contributed by atoms with Crippen molar-refractivity contribution in [3.8, 4) is 11.5 Å². The van der Waals surface area contributed by atoms with E-state index in [2.05, 4.69) is 4.90 Å². The third-order valence-electron chi connectivity index (χ3n) is 2.50. The van der Waals surface area contributed by atoms with Crippen molar-refractivity contribution in [2.45, 2.75) is 6.54 Å². The molecule has 0 saturated heterocycles. The Labute approximate surface area is 94.6 Å². The van der Waals surface area contributed by atoms with Gasteiger partial charge in [-0.1, -0.05) is 12.1 Å². The van der Waals surface area contributed by atoms with E-state index in [1.807, 2.05) is 32.3 Å². The smallest absolute Gasteiger partial charge is 0.158 e. The quantitative estimate of drug-likeness (QED) is 0.759. The molecule has 2 aromatic rings. The molecule has 16 heavy (non-hydrogen) atoms. The van der Waals surface area contributed by atoms with Crippen molar-refractivity contribution in [3.05, 3.63) is 35.9 Å². The summed E-state index contributed by atoms with van der Waals surface area (Å²) in [5.41, 5.74) is 1.18. The maximum Gasteiger partial charge on any atom is 0.158 e. The number of rotatable bonds is 2. The zero-order valence-electron chi connectivity index (χ0n) is 9.44. The van der Waals surface area contributed by atoms with Gasteiger partial charge in [0.15, 0.2) is 11.5 Å². The topological polar surface area (TPSA) is 43.7 Å². The minimum absolute atomic E-state index is 0.0745. The van der Waals surface area contributed by atoms with Gasteiger partial charge in [-0.15, -0.1) is 0 Å². The number of phenols is 2. The minimum Gasteiger partial charge on any atom is -0.504 e. The molecule has 0 aliphatic carbocycles.